The van der Waals surface area contributed by atoms with E-state index in [1.54, 1.807) is 7.05 Å². The number of guanidine groups is 1. The van der Waals surface area contributed by atoms with Crippen LogP contribution in [0.25, 0.3) is 0 Å². The number of aryl methyl sites for hydroxylation is 1. The Balaban J connectivity index is 0.00000225. The Morgan fingerprint density at radius 1 is 1.11 bits per heavy atom. The second-order valence-electron chi connectivity index (χ2n) is 7.17. The summed E-state index contributed by atoms with van der Waals surface area (Å²) in [5.41, 5.74) is 5.08. The normalized spacial score (nSPS) is 17.8. The average molecular weight is 490 g/mol. The van der Waals surface area contributed by atoms with Crippen molar-refractivity contribution in [1.29, 1.82) is 0 Å². The summed E-state index contributed by atoms with van der Waals surface area (Å²) in [5.74, 6) is 1.50. The molecule has 2 N–H and O–H groups in total. The number of nitrogens with zero attached hydrogens (tertiary/aromatic N) is 2. The number of amides is 1. The van der Waals surface area contributed by atoms with Gasteiger partial charge < -0.3 is 15.5 Å². The Morgan fingerprint density at radius 2 is 1.86 bits per heavy atom. The van der Waals surface area contributed by atoms with Crippen molar-refractivity contribution in [1.82, 2.24) is 10.6 Å². The fourth-order valence-electron chi connectivity index (χ4n) is 4.15. The lowest BCUT2D eigenvalue weighted by Crippen LogP contribution is -2.43. The molecule has 0 aromatic heterocycles. The predicted molar refractivity (Wildman–Crippen MR) is 125 cm³/mol. The van der Waals surface area contributed by atoms with Crippen LogP contribution in [0.2, 0.25) is 0 Å². The Kier molecular flexibility index (Phi) is 6.93. The van der Waals surface area contributed by atoms with Crippen molar-refractivity contribution in [2.45, 2.75) is 25.2 Å². The zero-order valence-corrected chi connectivity index (χ0v) is 18.5. The molecule has 1 amide bonds. The van der Waals surface area contributed by atoms with Gasteiger partial charge in [0.1, 0.15) is 0 Å². The average Bonchev–Trinajstić information content (AvgIpc) is 3.25. The van der Waals surface area contributed by atoms with E-state index in [2.05, 4.69) is 39.9 Å². The van der Waals surface area contributed by atoms with Gasteiger partial charge in [-0.25, -0.2) is 0 Å². The van der Waals surface area contributed by atoms with E-state index in [4.69, 9.17) is 0 Å². The van der Waals surface area contributed by atoms with Gasteiger partial charge in [-0.2, -0.15) is 0 Å². The molecule has 4 rings (SSSR count). The van der Waals surface area contributed by atoms with E-state index in [-0.39, 0.29) is 29.9 Å². The molecule has 0 saturated carbocycles. The molecule has 148 valence electrons. The van der Waals surface area contributed by atoms with Crippen molar-refractivity contribution >= 4 is 41.5 Å². The maximum Gasteiger partial charge on any atom is 0.231 e. The lowest BCUT2D eigenvalue weighted by molar-refractivity contribution is -0.117. The van der Waals surface area contributed by atoms with E-state index in [0.29, 0.717) is 25.4 Å². The highest BCUT2D eigenvalue weighted by Gasteiger charge is 2.26. The molecule has 1 aliphatic carbocycles. The highest BCUT2D eigenvalue weighted by atomic mass is 127. The number of para-hydroxylation sites is 1. The minimum atomic E-state index is 0. The summed E-state index contributed by atoms with van der Waals surface area (Å²) >= 11 is 0. The van der Waals surface area contributed by atoms with Crippen LogP contribution in [0.5, 0.6) is 0 Å². The Bertz CT molecular complexity index is 867. The van der Waals surface area contributed by atoms with Gasteiger partial charge in [0, 0.05) is 38.3 Å². The standard InChI is InChI=1S/C22H26N4O.HI/c1-23-22(25-15-18-11-10-16-6-2-4-8-19(16)18)24-12-13-26-20-9-5-3-7-17(20)14-21(26)27;/h2-9,18H,10-15H2,1H3,(H2,23,24,25);1H. The molecule has 1 unspecified atom stereocenters. The highest BCUT2D eigenvalue weighted by Crippen LogP contribution is 2.32. The van der Waals surface area contributed by atoms with Gasteiger partial charge in [0.05, 0.1) is 6.42 Å². The molecular weight excluding hydrogens is 463 g/mol. The monoisotopic (exact) mass is 490 g/mol. The predicted octanol–water partition coefficient (Wildman–Crippen LogP) is 3.09. The van der Waals surface area contributed by atoms with Crippen molar-refractivity contribution in [3.05, 3.63) is 65.2 Å². The number of anilines is 1. The van der Waals surface area contributed by atoms with Crippen LogP contribution in [0.15, 0.2) is 53.5 Å². The lowest BCUT2D eigenvalue weighted by atomic mass is 10.0. The molecule has 0 fully saturated rings. The second kappa shape index (κ2) is 9.41. The summed E-state index contributed by atoms with van der Waals surface area (Å²) in [6, 6.07) is 16.7. The molecule has 1 heterocycles. The Labute approximate surface area is 183 Å². The SMILES string of the molecule is CN=C(NCCN1C(=O)Cc2ccccc21)NCC1CCc2ccccc21.I. The summed E-state index contributed by atoms with van der Waals surface area (Å²) < 4.78 is 0. The number of hydrogen-bond donors (Lipinski definition) is 2. The minimum absolute atomic E-state index is 0. The van der Waals surface area contributed by atoms with Crippen LogP contribution < -0.4 is 15.5 Å². The first-order valence-corrected chi connectivity index (χ1v) is 9.67. The number of aliphatic imine (C=N–C) groups is 1. The van der Waals surface area contributed by atoms with Crippen LogP contribution in [0.4, 0.5) is 5.69 Å². The number of hydrogen-bond acceptors (Lipinski definition) is 2. The van der Waals surface area contributed by atoms with E-state index in [0.717, 1.165) is 30.2 Å². The summed E-state index contributed by atoms with van der Waals surface area (Å²) in [7, 11) is 1.79. The van der Waals surface area contributed by atoms with Gasteiger partial charge in [-0.05, 0) is 35.6 Å². The topological polar surface area (TPSA) is 56.7 Å². The van der Waals surface area contributed by atoms with E-state index in [9.17, 15) is 4.79 Å². The van der Waals surface area contributed by atoms with E-state index >= 15 is 0 Å². The number of rotatable bonds is 5. The quantitative estimate of drug-likeness (QED) is 0.385. The van der Waals surface area contributed by atoms with E-state index < -0.39 is 0 Å². The van der Waals surface area contributed by atoms with Gasteiger partial charge in [0.2, 0.25) is 5.91 Å². The Hall–Kier alpha value is -2.09. The third-order valence-corrected chi connectivity index (χ3v) is 5.55. The van der Waals surface area contributed by atoms with Gasteiger partial charge in [-0.3, -0.25) is 9.79 Å². The largest absolute Gasteiger partial charge is 0.356 e. The zero-order chi connectivity index (χ0) is 18.6. The smallest absolute Gasteiger partial charge is 0.231 e. The van der Waals surface area contributed by atoms with Crippen LogP contribution in [0, 0.1) is 0 Å². The van der Waals surface area contributed by atoms with Crippen molar-refractivity contribution < 1.29 is 4.79 Å². The third kappa shape index (κ3) is 4.32. The van der Waals surface area contributed by atoms with Gasteiger partial charge in [-0.15, -0.1) is 24.0 Å². The number of fused-ring (bicyclic) bond motifs is 2. The lowest BCUT2D eigenvalue weighted by Gasteiger charge is -2.20. The van der Waals surface area contributed by atoms with Crippen LogP contribution >= 0.6 is 24.0 Å². The third-order valence-electron chi connectivity index (χ3n) is 5.55. The van der Waals surface area contributed by atoms with Crippen molar-refractivity contribution in [2.24, 2.45) is 4.99 Å². The first-order valence-electron chi connectivity index (χ1n) is 9.67. The number of nitrogens with one attached hydrogen (secondary N) is 2. The minimum Gasteiger partial charge on any atom is -0.356 e. The molecule has 5 nitrogen and oxygen atoms in total. The molecule has 2 aromatic carbocycles. The number of carbonyl (C=O) groups excluding carboxylic acids is 1. The molecule has 0 saturated heterocycles. The van der Waals surface area contributed by atoms with Crippen LogP contribution in [0.1, 0.15) is 29.0 Å². The molecule has 1 aliphatic heterocycles. The molecule has 2 aromatic rings. The number of halogens is 1. The number of carbonyl (C=O) groups is 1. The molecule has 6 heteroatoms. The van der Waals surface area contributed by atoms with Crippen molar-refractivity contribution in [2.75, 3.05) is 31.6 Å². The summed E-state index contributed by atoms with van der Waals surface area (Å²) in [5, 5.41) is 6.78. The second-order valence-corrected chi connectivity index (χ2v) is 7.17. The highest BCUT2D eigenvalue weighted by molar-refractivity contribution is 14.0. The fourth-order valence-corrected chi connectivity index (χ4v) is 4.15. The van der Waals surface area contributed by atoms with E-state index in [1.165, 1.54) is 17.5 Å². The van der Waals surface area contributed by atoms with Gasteiger partial charge in [0.15, 0.2) is 5.96 Å². The number of benzene rings is 2. The molecule has 0 radical (unpaired) electrons. The van der Waals surface area contributed by atoms with Crippen LogP contribution in [0.3, 0.4) is 0 Å². The maximum absolute atomic E-state index is 12.2. The van der Waals surface area contributed by atoms with Gasteiger partial charge in [-0.1, -0.05) is 42.5 Å². The van der Waals surface area contributed by atoms with Crippen molar-refractivity contribution in [3.8, 4) is 0 Å². The van der Waals surface area contributed by atoms with Crippen LogP contribution in [-0.2, 0) is 17.6 Å². The summed E-state index contributed by atoms with van der Waals surface area (Å²) in [4.78, 5) is 18.4. The fraction of sp³-hybridized carbons (Fsp3) is 0.364. The molecule has 1 atom stereocenters. The molecule has 0 spiro atoms. The molecular formula is C22H27IN4O. The molecule has 0 bridgehead atoms. The first kappa shape index (κ1) is 20.6. The van der Waals surface area contributed by atoms with Crippen LogP contribution in [-0.4, -0.2) is 38.5 Å². The zero-order valence-electron chi connectivity index (χ0n) is 16.1. The first-order chi connectivity index (χ1) is 13.3. The van der Waals surface area contributed by atoms with Crippen molar-refractivity contribution in [3.63, 3.8) is 0 Å². The van der Waals surface area contributed by atoms with E-state index in [1.807, 2.05) is 29.2 Å². The Morgan fingerprint density at radius 3 is 2.68 bits per heavy atom. The summed E-state index contributed by atoms with van der Waals surface area (Å²) in [6.45, 7) is 2.19. The van der Waals surface area contributed by atoms with Gasteiger partial charge >= 0.3 is 0 Å². The molecule has 28 heavy (non-hydrogen) atoms. The summed E-state index contributed by atoms with van der Waals surface area (Å²) in [6.07, 6.45) is 2.84. The maximum atomic E-state index is 12.2. The molecule has 2 aliphatic rings. The van der Waals surface area contributed by atoms with Gasteiger partial charge in [0.25, 0.3) is 0 Å².